The van der Waals surface area contributed by atoms with E-state index in [2.05, 4.69) is 29.7 Å². The van der Waals surface area contributed by atoms with Crippen LogP contribution in [0.15, 0.2) is 72.8 Å². The lowest BCUT2D eigenvalue weighted by Crippen LogP contribution is -2.00. The van der Waals surface area contributed by atoms with Crippen molar-refractivity contribution >= 4 is 28.4 Å². The number of hydrogen-bond donors (Lipinski definition) is 3. The molecule has 4 N–H and O–H groups in total. The van der Waals surface area contributed by atoms with Crippen molar-refractivity contribution < 1.29 is 0 Å². The molecule has 0 aromatic heterocycles. The van der Waals surface area contributed by atoms with Crippen LogP contribution in [0.5, 0.6) is 0 Å². The van der Waals surface area contributed by atoms with Crippen molar-refractivity contribution in [2.24, 2.45) is 0 Å². The van der Waals surface area contributed by atoms with Gasteiger partial charge in [0, 0.05) is 5.69 Å². The lowest BCUT2D eigenvalue weighted by atomic mass is 10.1. The van der Waals surface area contributed by atoms with Crippen molar-refractivity contribution in [1.29, 1.82) is 0 Å². The zero-order valence-corrected chi connectivity index (χ0v) is 12.5. The van der Waals surface area contributed by atoms with E-state index >= 15 is 0 Å². The summed E-state index contributed by atoms with van der Waals surface area (Å²) in [5.41, 5.74) is 11.9. The van der Waals surface area contributed by atoms with Crippen molar-refractivity contribution in [3.63, 3.8) is 0 Å². The molecule has 0 saturated carbocycles. The zero-order chi connectivity index (χ0) is 15.4. The molecular formula is C19H19N3. The molecule has 0 aliphatic rings. The first-order chi connectivity index (χ1) is 10.7. The molecule has 0 saturated heterocycles. The van der Waals surface area contributed by atoms with Gasteiger partial charge in [-0.1, -0.05) is 42.5 Å². The summed E-state index contributed by atoms with van der Waals surface area (Å²) >= 11 is 0. The Morgan fingerprint density at radius 1 is 0.591 bits per heavy atom. The molecule has 0 spiro atoms. The van der Waals surface area contributed by atoms with E-state index in [1.807, 2.05) is 60.7 Å². The van der Waals surface area contributed by atoms with Crippen molar-refractivity contribution in [2.45, 2.75) is 6.92 Å². The lowest BCUT2D eigenvalue weighted by molar-refractivity contribution is 1.42. The molecule has 0 bridgehead atoms. The Balaban J connectivity index is 1.91. The predicted octanol–water partition coefficient (Wildman–Crippen LogP) is 5.06. The second-order valence-corrected chi connectivity index (χ2v) is 5.20. The normalized spacial score (nSPS) is 10.2. The van der Waals surface area contributed by atoms with Crippen LogP contribution < -0.4 is 16.4 Å². The van der Waals surface area contributed by atoms with Gasteiger partial charge in [-0.25, -0.2) is 0 Å². The third-order valence-electron chi connectivity index (χ3n) is 3.57. The zero-order valence-electron chi connectivity index (χ0n) is 12.5. The third-order valence-corrected chi connectivity index (χ3v) is 3.57. The molecule has 0 radical (unpaired) electrons. The van der Waals surface area contributed by atoms with Gasteiger partial charge >= 0.3 is 0 Å². The van der Waals surface area contributed by atoms with Crippen LogP contribution in [0, 0.1) is 6.92 Å². The molecule has 3 aromatic carbocycles. The van der Waals surface area contributed by atoms with Gasteiger partial charge in [0.05, 0.1) is 22.7 Å². The molecule has 0 aliphatic carbocycles. The fourth-order valence-corrected chi connectivity index (χ4v) is 2.32. The van der Waals surface area contributed by atoms with E-state index in [9.17, 15) is 0 Å². The molecular weight excluding hydrogens is 270 g/mol. The standard InChI is InChI=1S/C19H19N3/c1-14-8-2-4-10-16(14)21-18-12-6-7-13-19(18)22-17-11-5-3-9-15(17)20/h2-13,21-22H,20H2,1H3. The number of nitrogens with two attached hydrogens (primary N) is 1. The molecule has 0 amide bonds. The molecule has 22 heavy (non-hydrogen) atoms. The highest BCUT2D eigenvalue weighted by molar-refractivity contribution is 5.82. The molecule has 0 heterocycles. The Morgan fingerprint density at radius 2 is 1.05 bits per heavy atom. The topological polar surface area (TPSA) is 50.1 Å². The smallest absolute Gasteiger partial charge is 0.0624 e. The minimum atomic E-state index is 0.730. The number of benzene rings is 3. The van der Waals surface area contributed by atoms with Crippen LogP contribution in [0.4, 0.5) is 28.4 Å². The molecule has 0 unspecified atom stereocenters. The summed E-state index contributed by atoms with van der Waals surface area (Å²) < 4.78 is 0. The fourth-order valence-electron chi connectivity index (χ4n) is 2.32. The Kier molecular flexibility index (Phi) is 3.97. The van der Waals surface area contributed by atoms with Crippen LogP contribution >= 0.6 is 0 Å². The highest BCUT2D eigenvalue weighted by Gasteiger charge is 2.05. The van der Waals surface area contributed by atoms with Crippen LogP contribution in [-0.4, -0.2) is 0 Å². The molecule has 3 heteroatoms. The fraction of sp³-hybridized carbons (Fsp3) is 0.0526. The Labute approximate surface area is 130 Å². The SMILES string of the molecule is Cc1ccccc1Nc1ccccc1Nc1ccccc1N. The number of aryl methyl sites for hydroxylation is 1. The highest BCUT2D eigenvalue weighted by atomic mass is 15.0. The summed E-state index contributed by atoms with van der Waals surface area (Å²) in [5, 5.41) is 6.87. The van der Waals surface area contributed by atoms with E-state index in [0.29, 0.717) is 0 Å². The molecule has 110 valence electrons. The summed E-state index contributed by atoms with van der Waals surface area (Å²) in [4.78, 5) is 0. The first kappa shape index (κ1) is 14.0. The number of hydrogen-bond acceptors (Lipinski definition) is 3. The van der Waals surface area contributed by atoms with Crippen LogP contribution in [-0.2, 0) is 0 Å². The number of rotatable bonds is 4. The van der Waals surface area contributed by atoms with E-state index in [4.69, 9.17) is 5.73 Å². The van der Waals surface area contributed by atoms with Gasteiger partial charge in [-0.2, -0.15) is 0 Å². The third kappa shape index (κ3) is 3.04. The molecule has 3 aromatic rings. The van der Waals surface area contributed by atoms with Crippen LogP contribution in [0.25, 0.3) is 0 Å². The van der Waals surface area contributed by atoms with Crippen LogP contribution in [0.1, 0.15) is 5.56 Å². The van der Waals surface area contributed by atoms with E-state index in [1.54, 1.807) is 0 Å². The van der Waals surface area contributed by atoms with Crippen molar-refractivity contribution in [2.75, 3.05) is 16.4 Å². The Hall–Kier alpha value is -2.94. The number of anilines is 5. The Morgan fingerprint density at radius 3 is 1.64 bits per heavy atom. The van der Waals surface area contributed by atoms with E-state index in [1.165, 1.54) is 5.56 Å². The van der Waals surface area contributed by atoms with Gasteiger partial charge in [0.1, 0.15) is 0 Å². The van der Waals surface area contributed by atoms with Gasteiger partial charge in [0.25, 0.3) is 0 Å². The van der Waals surface area contributed by atoms with Crippen molar-refractivity contribution in [3.05, 3.63) is 78.4 Å². The van der Waals surface area contributed by atoms with Crippen molar-refractivity contribution in [3.8, 4) is 0 Å². The van der Waals surface area contributed by atoms with Gasteiger partial charge in [0.2, 0.25) is 0 Å². The maximum absolute atomic E-state index is 6.01. The van der Waals surface area contributed by atoms with Crippen LogP contribution in [0.2, 0.25) is 0 Å². The van der Waals surface area contributed by atoms with Gasteiger partial charge in [-0.15, -0.1) is 0 Å². The van der Waals surface area contributed by atoms with Gasteiger partial charge in [-0.3, -0.25) is 0 Å². The molecule has 0 fully saturated rings. The quantitative estimate of drug-likeness (QED) is 0.588. The van der Waals surface area contributed by atoms with Gasteiger partial charge in [-0.05, 0) is 42.8 Å². The second-order valence-electron chi connectivity index (χ2n) is 5.20. The summed E-state index contributed by atoms with van der Waals surface area (Å²) in [7, 11) is 0. The maximum Gasteiger partial charge on any atom is 0.0624 e. The minimum Gasteiger partial charge on any atom is -0.397 e. The lowest BCUT2D eigenvalue weighted by Gasteiger charge is -2.16. The number of para-hydroxylation sites is 5. The molecule has 3 rings (SSSR count). The number of nitrogens with one attached hydrogen (secondary N) is 2. The van der Waals surface area contributed by atoms with Gasteiger partial charge < -0.3 is 16.4 Å². The average molecular weight is 289 g/mol. The largest absolute Gasteiger partial charge is 0.397 e. The summed E-state index contributed by atoms with van der Waals surface area (Å²) in [5.74, 6) is 0. The first-order valence-electron chi connectivity index (χ1n) is 7.27. The highest BCUT2D eigenvalue weighted by Crippen LogP contribution is 2.31. The van der Waals surface area contributed by atoms with Crippen LogP contribution in [0.3, 0.4) is 0 Å². The van der Waals surface area contributed by atoms with Gasteiger partial charge in [0.15, 0.2) is 0 Å². The monoisotopic (exact) mass is 289 g/mol. The molecule has 3 nitrogen and oxygen atoms in total. The average Bonchev–Trinajstić information content (AvgIpc) is 2.53. The van der Waals surface area contributed by atoms with E-state index in [-0.39, 0.29) is 0 Å². The van der Waals surface area contributed by atoms with E-state index < -0.39 is 0 Å². The molecule has 0 aliphatic heterocycles. The second kappa shape index (κ2) is 6.22. The summed E-state index contributed by atoms with van der Waals surface area (Å²) in [6, 6.07) is 24.1. The van der Waals surface area contributed by atoms with Crippen molar-refractivity contribution in [1.82, 2.24) is 0 Å². The predicted molar refractivity (Wildman–Crippen MR) is 95.0 cm³/mol. The number of nitrogen functional groups attached to an aromatic ring is 1. The summed E-state index contributed by atoms with van der Waals surface area (Å²) in [6.45, 7) is 2.09. The molecule has 0 atom stereocenters. The first-order valence-corrected chi connectivity index (χ1v) is 7.27. The Bertz CT molecular complexity index is 714. The maximum atomic E-state index is 6.01. The summed E-state index contributed by atoms with van der Waals surface area (Å²) in [6.07, 6.45) is 0. The minimum absolute atomic E-state index is 0.730. The van der Waals surface area contributed by atoms with E-state index in [0.717, 1.165) is 28.4 Å².